The Bertz CT molecular complexity index is 990. The first-order valence-electron chi connectivity index (χ1n) is 29.0. The third-order valence-electron chi connectivity index (χ3n) is 13.7. The standard InChI is InChI=1S/C57H111ClN4O/c1-4-7-10-13-16-19-22-25-28-31-34-37-40-43-46-49-52-62(53-50-47-44-41-38-35-32-29-26-23-20-17-14-11-8-5-2)56-59-55(58)60-57(61-56)63-54-51-48-45-42-39-36-33-30-27-24-21-18-15-12-9-6-3/h4-54H2,1-3H3. The summed E-state index contributed by atoms with van der Waals surface area (Å²) in [6.07, 6.45) is 66.4. The molecule has 0 fully saturated rings. The van der Waals surface area contributed by atoms with Gasteiger partial charge in [0.25, 0.3) is 0 Å². The normalized spacial score (nSPS) is 11.6. The molecule has 0 saturated heterocycles. The monoisotopic (exact) mass is 903 g/mol. The molecule has 0 bridgehead atoms. The smallest absolute Gasteiger partial charge is 0.322 e. The fourth-order valence-corrected chi connectivity index (χ4v) is 9.50. The summed E-state index contributed by atoms with van der Waals surface area (Å²) in [4.78, 5) is 16.2. The van der Waals surface area contributed by atoms with E-state index in [1.54, 1.807) is 0 Å². The summed E-state index contributed by atoms with van der Waals surface area (Å²) in [5.41, 5.74) is 0. The molecule has 0 atom stereocenters. The Morgan fingerprint density at radius 2 is 0.540 bits per heavy atom. The zero-order chi connectivity index (χ0) is 45.2. The molecule has 0 spiro atoms. The van der Waals surface area contributed by atoms with Crippen molar-refractivity contribution < 1.29 is 4.74 Å². The third-order valence-corrected chi connectivity index (χ3v) is 13.8. The molecule has 5 nitrogen and oxygen atoms in total. The fraction of sp³-hybridized carbons (Fsp3) is 0.947. The van der Waals surface area contributed by atoms with Gasteiger partial charge in [0.15, 0.2) is 0 Å². The van der Waals surface area contributed by atoms with Crippen molar-refractivity contribution in [3.8, 4) is 6.01 Å². The van der Waals surface area contributed by atoms with Crippen molar-refractivity contribution in [2.24, 2.45) is 0 Å². The third kappa shape index (κ3) is 43.2. The number of halogens is 1. The molecule has 0 aromatic carbocycles. The van der Waals surface area contributed by atoms with E-state index in [1.165, 1.54) is 302 Å². The van der Waals surface area contributed by atoms with Gasteiger partial charge in [-0.25, -0.2) is 0 Å². The van der Waals surface area contributed by atoms with Gasteiger partial charge in [0.2, 0.25) is 11.2 Å². The van der Waals surface area contributed by atoms with E-state index in [1.807, 2.05) is 0 Å². The highest BCUT2D eigenvalue weighted by atomic mass is 35.5. The Morgan fingerprint density at radius 3 is 0.810 bits per heavy atom. The molecule has 0 saturated carbocycles. The predicted octanol–water partition coefficient (Wildman–Crippen LogP) is 20.5. The highest BCUT2D eigenvalue weighted by molar-refractivity contribution is 6.28. The van der Waals surface area contributed by atoms with Crippen LogP contribution in [0.4, 0.5) is 5.95 Å². The lowest BCUT2D eigenvalue weighted by atomic mass is 10.0. The number of anilines is 1. The maximum absolute atomic E-state index is 6.51. The summed E-state index contributed by atoms with van der Waals surface area (Å²) in [6, 6.07) is 0.398. The van der Waals surface area contributed by atoms with Gasteiger partial charge in [-0.3, -0.25) is 0 Å². The van der Waals surface area contributed by atoms with Gasteiger partial charge in [-0.1, -0.05) is 310 Å². The van der Waals surface area contributed by atoms with Crippen molar-refractivity contribution in [2.75, 3.05) is 24.6 Å². The molecular formula is C57H111ClN4O. The molecule has 63 heavy (non-hydrogen) atoms. The largest absolute Gasteiger partial charge is 0.463 e. The van der Waals surface area contributed by atoms with Gasteiger partial charge < -0.3 is 9.64 Å². The van der Waals surface area contributed by atoms with E-state index >= 15 is 0 Å². The van der Waals surface area contributed by atoms with E-state index in [4.69, 9.17) is 21.3 Å². The summed E-state index contributed by atoms with van der Waals surface area (Å²) in [5.74, 6) is 0.707. The van der Waals surface area contributed by atoms with E-state index in [2.05, 4.69) is 35.6 Å². The van der Waals surface area contributed by atoms with E-state index in [0.29, 0.717) is 18.6 Å². The van der Waals surface area contributed by atoms with Crippen LogP contribution in [0.25, 0.3) is 0 Å². The maximum Gasteiger partial charge on any atom is 0.322 e. The molecule has 1 aromatic heterocycles. The second-order valence-electron chi connectivity index (χ2n) is 19.9. The number of hydrogen-bond acceptors (Lipinski definition) is 5. The lowest BCUT2D eigenvalue weighted by Crippen LogP contribution is -2.28. The molecule has 1 rings (SSSR count). The molecular weight excluding hydrogens is 792 g/mol. The lowest BCUT2D eigenvalue weighted by Gasteiger charge is -2.23. The van der Waals surface area contributed by atoms with Crippen molar-refractivity contribution >= 4 is 17.5 Å². The van der Waals surface area contributed by atoms with Crippen LogP contribution in [0.5, 0.6) is 6.01 Å². The lowest BCUT2D eigenvalue weighted by molar-refractivity contribution is 0.280. The number of unbranched alkanes of at least 4 members (excludes halogenated alkanes) is 45. The maximum atomic E-state index is 6.51. The van der Waals surface area contributed by atoms with Gasteiger partial charge in [-0.15, -0.1) is 0 Å². The summed E-state index contributed by atoms with van der Waals surface area (Å²) in [7, 11) is 0. The van der Waals surface area contributed by atoms with E-state index < -0.39 is 0 Å². The minimum Gasteiger partial charge on any atom is -0.463 e. The van der Waals surface area contributed by atoms with Crippen molar-refractivity contribution in [2.45, 2.75) is 329 Å². The molecule has 1 heterocycles. The highest BCUT2D eigenvalue weighted by Gasteiger charge is 2.14. The number of hydrogen-bond donors (Lipinski definition) is 0. The summed E-state index contributed by atoms with van der Waals surface area (Å²) in [6.45, 7) is 9.53. The van der Waals surface area contributed by atoms with Crippen LogP contribution < -0.4 is 9.64 Å². The number of ether oxygens (including phenoxy) is 1. The second kappa shape index (κ2) is 50.3. The van der Waals surface area contributed by atoms with Crippen molar-refractivity contribution in [1.29, 1.82) is 0 Å². The predicted molar refractivity (Wildman–Crippen MR) is 281 cm³/mol. The average Bonchev–Trinajstić information content (AvgIpc) is 3.28. The van der Waals surface area contributed by atoms with Gasteiger partial charge in [0.05, 0.1) is 6.61 Å². The van der Waals surface area contributed by atoms with Gasteiger partial charge in [-0.05, 0) is 30.9 Å². The van der Waals surface area contributed by atoms with Crippen LogP contribution in [-0.2, 0) is 0 Å². The first-order chi connectivity index (χ1) is 31.2. The topological polar surface area (TPSA) is 51.1 Å². The molecule has 372 valence electrons. The van der Waals surface area contributed by atoms with Crippen molar-refractivity contribution in [1.82, 2.24) is 15.0 Å². The van der Waals surface area contributed by atoms with Crippen molar-refractivity contribution in [3.63, 3.8) is 0 Å². The van der Waals surface area contributed by atoms with Crippen LogP contribution >= 0.6 is 11.6 Å². The Kier molecular flexibility index (Phi) is 47.9. The van der Waals surface area contributed by atoms with E-state index in [0.717, 1.165) is 19.5 Å². The fourth-order valence-electron chi connectivity index (χ4n) is 9.35. The van der Waals surface area contributed by atoms with E-state index in [-0.39, 0.29) is 5.28 Å². The molecule has 0 unspecified atom stereocenters. The summed E-state index contributed by atoms with van der Waals surface area (Å²) < 4.78 is 6.09. The van der Waals surface area contributed by atoms with Gasteiger partial charge in [-0.2, -0.15) is 15.0 Å². The number of nitrogens with zero attached hydrogens (tertiary/aromatic N) is 4. The SMILES string of the molecule is CCCCCCCCCCCCCCCCCCOc1nc(Cl)nc(N(CCCCCCCCCCCCCCCCCC)CCCCCCCCCCCCCCCCCC)n1. The minimum atomic E-state index is 0.255. The van der Waals surface area contributed by atoms with Crippen LogP contribution in [0.2, 0.25) is 5.28 Å². The number of aromatic nitrogens is 3. The second-order valence-corrected chi connectivity index (χ2v) is 20.3. The van der Waals surface area contributed by atoms with Gasteiger partial charge in [0.1, 0.15) is 0 Å². The molecule has 0 aliphatic carbocycles. The van der Waals surface area contributed by atoms with Crippen LogP contribution in [0.1, 0.15) is 329 Å². The van der Waals surface area contributed by atoms with Gasteiger partial charge in [0, 0.05) is 13.1 Å². The highest BCUT2D eigenvalue weighted by Crippen LogP contribution is 2.21. The number of rotatable bonds is 53. The summed E-state index contributed by atoms with van der Waals surface area (Å²) >= 11 is 6.51. The Morgan fingerprint density at radius 1 is 0.302 bits per heavy atom. The van der Waals surface area contributed by atoms with E-state index in [9.17, 15) is 0 Å². The first-order valence-corrected chi connectivity index (χ1v) is 29.4. The molecule has 1 aromatic rings. The van der Waals surface area contributed by atoms with Crippen LogP contribution in [0.3, 0.4) is 0 Å². The Balaban J connectivity index is 2.34. The van der Waals surface area contributed by atoms with Crippen molar-refractivity contribution in [3.05, 3.63) is 5.28 Å². The average molecular weight is 904 g/mol. The Labute approximate surface area is 400 Å². The van der Waals surface area contributed by atoms with Gasteiger partial charge >= 0.3 is 6.01 Å². The summed E-state index contributed by atoms with van der Waals surface area (Å²) in [5, 5.41) is 0.255. The molecule has 0 N–H and O–H groups in total. The molecule has 0 amide bonds. The first kappa shape index (κ1) is 59.9. The van der Waals surface area contributed by atoms with Crippen LogP contribution in [-0.4, -0.2) is 34.6 Å². The minimum absolute atomic E-state index is 0.255. The Hall–Kier alpha value is -1.10. The van der Waals surface area contributed by atoms with Crippen LogP contribution in [0, 0.1) is 0 Å². The molecule has 0 radical (unpaired) electrons. The molecule has 0 aliphatic heterocycles. The quantitative estimate of drug-likeness (QED) is 0.0610. The van der Waals surface area contributed by atoms with Crippen LogP contribution in [0.15, 0.2) is 0 Å². The zero-order valence-electron chi connectivity index (χ0n) is 43.1. The zero-order valence-corrected chi connectivity index (χ0v) is 43.9. The molecule has 6 heteroatoms. The molecule has 0 aliphatic rings.